The highest BCUT2D eigenvalue weighted by Crippen LogP contribution is 2.24. The second kappa shape index (κ2) is 17.1. The van der Waals surface area contributed by atoms with Gasteiger partial charge >= 0.3 is 0 Å². The molecule has 0 heterocycles. The van der Waals surface area contributed by atoms with Crippen LogP contribution in [-0.2, 0) is 0 Å². The smallest absolute Gasteiger partial charge is 0.131 e. The first-order chi connectivity index (χ1) is 14.4. The van der Waals surface area contributed by atoms with Crippen LogP contribution in [-0.4, -0.2) is 5.11 Å². The first kappa shape index (κ1) is 30.6. The van der Waals surface area contributed by atoms with Crippen molar-refractivity contribution >= 4 is 0 Å². The van der Waals surface area contributed by atoms with Gasteiger partial charge < -0.3 is 5.11 Å². The van der Waals surface area contributed by atoms with Gasteiger partial charge in [-0.25, -0.2) is 4.39 Å². The molecule has 0 rings (SSSR count). The summed E-state index contributed by atoms with van der Waals surface area (Å²) in [5, 5.41) is 9.06. The van der Waals surface area contributed by atoms with Gasteiger partial charge in [-0.1, -0.05) is 117 Å². The first-order valence-corrected chi connectivity index (χ1v) is 11.0. The molecular weight excluding hydrogens is 383 g/mol. The van der Waals surface area contributed by atoms with Gasteiger partial charge in [0.15, 0.2) is 0 Å². The van der Waals surface area contributed by atoms with Gasteiger partial charge in [-0.05, 0) is 47.1 Å². The van der Waals surface area contributed by atoms with Crippen molar-refractivity contribution in [3.63, 3.8) is 0 Å². The highest BCUT2D eigenvalue weighted by Gasteiger charge is 2.08. The van der Waals surface area contributed by atoms with Crippen molar-refractivity contribution in [3.05, 3.63) is 109 Å². The second-order valence-electron chi connectivity index (χ2n) is 7.98. The lowest BCUT2D eigenvalue weighted by molar-refractivity contribution is 0.435. The second-order valence-corrected chi connectivity index (χ2v) is 7.98. The van der Waals surface area contributed by atoms with Gasteiger partial charge in [0.2, 0.25) is 0 Å². The summed E-state index contributed by atoms with van der Waals surface area (Å²) < 4.78 is 14.4. The van der Waals surface area contributed by atoms with Gasteiger partial charge in [0.05, 0.1) is 0 Å². The Labute approximate surface area is 191 Å². The molecule has 0 aromatic carbocycles. The van der Waals surface area contributed by atoms with Crippen molar-refractivity contribution in [2.75, 3.05) is 0 Å². The van der Waals surface area contributed by atoms with E-state index in [-0.39, 0.29) is 11.3 Å². The standard InChI is InChI=1S/C26H35FO.C3H8/c1-10-18(2)11-12-19(3)20(4)13-14-21(5)23(7)17-26(27)25(9)22(6)15-16-24(8)28;1-3-2/h13-19,28H,4-12H2,1-3H3;3H2,1-2H3/b14-13-,16-15-,26-17+;. The first-order valence-electron chi connectivity index (χ1n) is 11.0. The third-order valence-electron chi connectivity index (χ3n) is 4.79. The quantitative estimate of drug-likeness (QED) is 0.229. The van der Waals surface area contributed by atoms with Crippen molar-refractivity contribution in [1.29, 1.82) is 0 Å². The molecule has 0 saturated heterocycles. The maximum absolute atomic E-state index is 14.4. The van der Waals surface area contributed by atoms with Crippen molar-refractivity contribution in [3.8, 4) is 0 Å². The Morgan fingerprint density at radius 3 is 1.81 bits per heavy atom. The molecule has 1 N–H and O–H groups in total. The Bertz CT molecular complexity index is 743. The Hall–Kier alpha value is -2.61. The van der Waals surface area contributed by atoms with E-state index in [2.05, 4.69) is 74.1 Å². The molecule has 0 fully saturated rings. The number of halogens is 1. The molecule has 0 aliphatic heterocycles. The van der Waals surface area contributed by atoms with Crippen LogP contribution in [0.2, 0.25) is 0 Å². The number of hydrogen-bond acceptors (Lipinski definition) is 1. The Balaban J connectivity index is 0. The zero-order chi connectivity index (χ0) is 24.6. The summed E-state index contributed by atoms with van der Waals surface area (Å²) in [4.78, 5) is 0. The summed E-state index contributed by atoms with van der Waals surface area (Å²) in [6.45, 7) is 33.5. The van der Waals surface area contributed by atoms with Gasteiger partial charge in [0.1, 0.15) is 11.6 Å². The highest BCUT2D eigenvalue weighted by molar-refractivity contribution is 5.52. The summed E-state index contributed by atoms with van der Waals surface area (Å²) in [6.07, 6.45) is 12.5. The van der Waals surface area contributed by atoms with Gasteiger partial charge in [0, 0.05) is 5.57 Å². The van der Waals surface area contributed by atoms with Crippen molar-refractivity contribution in [2.24, 2.45) is 11.8 Å². The maximum Gasteiger partial charge on any atom is 0.131 e. The minimum Gasteiger partial charge on any atom is -0.509 e. The van der Waals surface area contributed by atoms with Crippen molar-refractivity contribution < 1.29 is 9.50 Å². The van der Waals surface area contributed by atoms with E-state index < -0.39 is 5.83 Å². The van der Waals surface area contributed by atoms with Crippen LogP contribution in [0.1, 0.15) is 60.3 Å². The summed E-state index contributed by atoms with van der Waals surface area (Å²) in [5.41, 5.74) is 2.51. The zero-order valence-electron chi connectivity index (χ0n) is 20.4. The molecule has 0 aliphatic carbocycles. The molecule has 2 unspecified atom stereocenters. The third-order valence-corrected chi connectivity index (χ3v) is 4.79. The van der Waals surface area contributed by atoms with Crippen LogP contribution < -0.4 is 0 Å². The molecule has 0 amide bonds. The summed E-state index contributed by atoms with van der Waals surface area (Å²) >= 11 is 0. The monoisotopic (exact) mass is 426 g/mol. The van der Waals surface area contributed by atoms with Crippen molar-refractivity contribution in [2.45, 2.75) is 60.3 Å². The maximum atomic E-state index is 14.4. The number of allylic oxidation sites excluding steroid dienone is 11. The lowest BCUT2D eigenvalue weighted by atomic mass is 9.91. The van der Waals surface area contributed by atoms with E-state index in [9.17, 15) is 4.39 Å². The molecular formula is C29H43FO. The highest BCUT2D eigenvalue weighted by atomic mass is 19.1. The topological polar surface area (TPSA) is 20.2 Å². The van der Waals surface area contributed by atoms with E-state index in [0.717, 1.165) is 17.9 Å². The average molecular weight is 427 g/mol. The molecule has 0 bridgehead atoms. The third kappa shape index (κ3) is 14.9. The summed E-state index contributed by atoms with van der Waals surface area (Å²) in [6, 6.07) is 0. The molecule has 0 aliphatic rings. The van der Waals surface area contributed by atoms with E-state index >= 15 is 0 Å². The SMILES string of the molecule is C=C(O)/C=C\C(=C)C(=C)/C(F)=C\C(=C)C(=C)/C=C\C(=C)C(C)CCC(C)CC.CCC. The van der Waals surface area contributed by atoms with E-state index in [1.54, 1.807) is 6.08 Å². The van der Waals surface area contributed by atoms with Gasteiger partial charge in [-0.2, -0.15) is 0 Å². The number of hydrogen-bond donors (Lipinski definition) is 1. The normalized spacial score (nSPS) is 13.3. The molecule has 31 heavy (non-hydrogen) atoms. The van der Waals surface area contributed by atoms with E-state index in [1.165, 1.54) is 37.5 Å². The van der Waals surface area contributed by atoms with Crippen LogP contribution in [0.5, 0.6) is 0 Å². The predicted molar refractivity (Wildman–Crippen MR) is 139 cm³/mol. The molecule has 172 valence electrons. The fraction of sp³-hybridized carbons (Fsp3) is 0.379. The molecule has 2 atom stereocenters. The Morgan fingerprint density at radius 2 is 1.32 bits per heavy atom. The van der Waals surface area contributed by atoms with Gasteiger partial charge in [0.25, 0.3) is 0 Å². The Morgan fingerprint density at radius 1 is 0.806 bits per heavy atom. The van der Waals surface area contributed by atoms with E-state index in [1.807, 2.05) is 6.08 Å². The Kier molecular flexibility index (Phi) is 16.9. The minimum absolute atomic E-state index is 0.110. The summed E-state index contributed by atoms with van der Waals surface area (Å²) in [7, 11) is 0. The fourth-order valence-corrected chi connectivity index (χ4v) is 2.19. The van der Waals surface area contributed by atoms with Crippen LogP contribution >= 0.6 is 0 Å². The van der Waals surface area contributed by atoms with Crippen LogP contribution in [0.15, 0.2) is 109 Å². The molecule has 1 nitrogen and oxygen atoms in total. The van der Waals surface area contributed by atoms with Gasteiger partial charge in [-0.15, -0.1) is 0 Å². The molecule has 0 spiro atoms. The fourth-order valence-electron chi connectivity index (χ4n) is 2.19. The number of aliphatic hydroxyl groups excluding tert-OH is 1. The number of rotatable bonds is 13. The van der Waals surface area contributed by atoms with Crippen molar-refractivity contribution in [1.82, 2.24) is 0 Å². The average Bonchev–Trinajstić information content (AvgIpc) is 2.72. The molecule has 0 radical (unpaired) electrons. The van der Waals surface area contributed by atoms with E-state index in [4.69, 9.17) is 5.11 Å². The lowest BCUT2D eigenvalue weighted by Gasteiger charge is -2.14. The minimum atomic E-state index is -0.557. The zero-order valence-corrected chi connectivity index (χ0v) is 20.4. The largest absolute Gasteiger partial charge is 0.509 e. The number of aliphatic hydroxyl groups is 1. The van der Waals surface area contributed by atoms with E-state index in [0.29, 0.717) is 22.6 Å². The van der Waals surface area contributed by atoms with Crippen LogP contribution in [0.4, 0.5) is 4.39 Å². The van der Waals surface area contributed by atoms with Gasteiger partial charge in [-0.3, -0.25) is 0 Å². The molecule has 2 heteroatoms. The summed E-state index contributed by atoms with van der Waals surface area (Å²) in [5.74, 6) is 0.406. The predicted octanol–water partition coefficient (Wildman–Crippen LogP) is 9.68. The molecule has 0 saturated carbocycles. The molecule has 0 aromatic rings. The van der Waals surface area contributed by atoms with Crippen LogP contribution in [0, 0.1) is 11.8 Å². The molecule has 0 aromatic heterocycles. The lowest BCUT2D eigenvalue weighted by Crippen LogP contribution is -2.00. The van der Waals surface area contributed by atoms with Crippen LogP contribution in [0.3, 0.4) is 0 Å². The van der Waals surface area contributed by atoms with Crippen LogP contribution in [0.25, 0.3) is 0 Å².